The molecule has 0 spiro atoms. The zero-order valence-electron chi connectivity index (χ0n) is 11.7. The van der Waals surface area contributed by atoms with E-state index in [0.29, 0.717) is 12.3 Å². The van der Waals surface area contributed by atoms with Crippen LogP contribution in [0.5, 0.6) is 0 Å². The predicted molar refractivity (Wildman–Crippen MR) is 80.0 cm³/mol. The van der Waals surface area contributed by atoms with Crippen molar-refractivity contribution in [3.8, 4) is 0 Å². The largest absolute Gasteiger partial charge is 0.338 e. The Morgan fingerprint density at radius 2 is 2.26 bits per heavy atom. The fourth-order valence-corrected chi connectivity index (χ4v) is 3.53. The third-order valence-electron chi connectivity index (χ3n) is 4.07. The number of nitrogens with zero attached hydrogens (tertiary/aromatic N) is 1. The maximum atomic E-state index is 12.4. The van der Waals surface area contributed by atoms with Gasteiger partial charge in [0.1, 0.15) is 0 Å². The smallest absolute Gasteiger partial charge is 0.223 e. The van der Waals surface area contributed by atoms with Crippen molar-refractivity contribution in [2.75, 3.05) is 6.54 Å². The second kappa shape index (κ2) is 7.06. The fourth-order valence-electron chi connectivity index (χ4n) is 2.81. The number of nitrogens with two attached hydrogens (primary N) is 1. The standard InChI is InChI=1S/C15H24N2OS/c1-2-17(11-13-7-5-9-19-13)15(18)10-12-6-3-4-8-14(12)16/h5,7,9,12,14H,2-4,6,8,10-11,16H2,1H3. The van der Waals surface area contributed by atoms with Crippen molar-refractivity contribution in [3.05, 3.63) is 22.4 Å². The summed E-state index contributed by atoms with van der Waals surface area (Å²) >= 11 is 1.71. The van der Waals surface area contributed by atoms with Crippen molar-refractivity contribution in [2.45, 2.75) is 51.6 Å². The molecule has 2 atom stereocenters. The third kappa shape index (κ3) is 4.05. The summed E-state index contributed by atoms with van der Waals surface area (Å²) in [7, 11) is 0. The summed E-state index contributed by atoms with van der Waals surface area (Å²) in [5.74, 6) is 0.650. The SMILES string of the molecule is CCN(Cc1cccs1)C(=O)CC1CCCCC1N. The van der Waals surface area contributed by atoms with Gasteiger partial charge in [0.25, 0.3) is 0 Å². The Morgan fingerprint density at radius 1 is 1.47 bits per heavy atom. The molecular formula is C15H24N2OS. The van der Waals surface area contributed by atoms with Crippen LogP contribution in [0.3, 0.4) is 0 Å². The van der Waals surface area contributed by atoms with E-state index in [-0.39, 0.29) is 11.9 Å². The quantitative estimate of drug-likeness (QED) is 0.901. The van der Waals surface area contributed by atoms with Gasteiger partial charge in [-0.2, -0.15) is 0 Å². The van der Waals surface area contributed by atoms with E-state index in [9.17, 15) is 4.79 Å². The predicted octanol–water partition coefficient (Wildman–Crippen LogP) is 3.00. The first-order chi connectivity index (χ1) is 9.20. The second-order valence-corrected chi connectivity index (χ2v) is 6.43. The highest BCUT2D eigenvalue weighted by Crippen LogP contribution is 2.26. The summed E-state index contributed by atoms with van der Waals surface area (Å²) in [6.07, 6.45) is 5.26. The van der Waals surface area contributed by atoms with Crippen LogP contribution in [0.4, 0.5) is 0 Å². The summed E-state index contributed by atoms with van der Waals surface area (Å²) in [5.41, 5.74) is 6.14. The van der Waals surface area contributed by atoms with Gasteiger partial charge in [-0.1, -0.05) is 18.9 Å². The monoisotopic (exact) mass is 280 g/mol. The van der Waals surface area contributed by atoms with Gasteiger partial charge in [-0.05, 0) is 37.1 Å². The van der Waals surface area contributed by atoms with Gasteiger partial charge in [-0.25, -0.2) is 0 Å². The highest BCUT2D eigenvalue weighted by Gasteiger charge is 2.26. The molecule has 0 bridgehead atoms. The van der Waals surface area contributed by atoms with Crippen LogP contribution in [0, 0.1) is 5.92 Å². The van der Waals surface area contributed by atoms with Crippen LogP contribution in [0.15, 0.2) is 17.5 Å². The van der Waals surface area contributed by atoms with E-state index < -0.39 is 0 Å². The van der Waals surface area contributed by atoms with Crippen molar-refractivity contribution < 1.29 is 4.79 Å². The Balaban J connectivity index is 1.89. The summed E-state index contributed by atoms with van der Waals surface area (Å²) in [6, 6.07) is 4.35. The number of rotatable bonds is 5. The lowest BCUT2D eigenvalue weighted by atomic mass is 9.83. The van der Waals surface area contributed by atoms with Crippen LogP contribution >= 0.6 is 11.3 Å². The molecule has 1 fully saturated rings. The van der Waals surface area contributed by atoms with Crippen LogP contribution in [-0.4, -0.2) is 23.4 Å². The van der Waals surface area contributed by atoms with Crippen LogP contribution in [0.1, 0.15) is 43.9 Å². The number of thiophene rings is 1. The first kappa shape index (κ1) is 14.5. The second-order valence-electron chi connectivity index (χ2n) is 5.40. The van der Waals surface area contributed by atoms with Gasteiger partial charge in [0.2, 0.25) is 5.91 Å². The van der Waals surface area contributed by atoms with E-state index in [1.54, 1.807) is 11.3 Å². The Labute approximate surface area is 119 Å². The molecule has 19 heavy (non-hydrogen) atoms. The van der Waals surface area contributed by atoms with E-state index in [4.69, 9.17) is 5.73 Å². The van der Waals surface area contributed by atoms with Gasteiger partial charge >= 0.3 is 0 Å². The molecule has 1 aliphatic rings. The molecule has 2 N–H and O–H groups in total. The molecule has 0 radical (unpaired) electrons. The van der Waals surface area contributed by atoms with Crippen molar-refractivity contribution in [1.82, 2.24) is 4.90 Å². The highest BCUT2D eigenvalue weighted by atomic mass is 32.1. The van der Waals surface area contributed by atoms with Crippen LogP contribution < -0.4 is 5.73 Å². The van der Waals surface area contributed by atoms with Crippen molar-refractivity contribution in [1.29, 1.82) is 0 Å². The number of hydrogen-bond donors (Lipinski definition) is 1. The van der Waals surface area contributed by atoms with Gasteiger partial charge < -0.3 is 10.6 Å². The third-order valence-corrected chi connectivity index (χ3v) is 4.93. The molecule has 1 aromatic rings. The first-order valence-corrected chi connectivity index (χ1v) is 8.14. The molecule has 0 saturated heterocycles. The Morgan fingerprint density at radius 3 is 2.89 bits per heavy atom. The Kier molecular flexibility index (Phi) is 5.40. The summed E-state index contributed by atoms with van der Waals surface area (Å²) in [5, 5.41) is 2.06. The number of hydrogen-bond acceptors (Lipinski definition) is 3. The van der Waals surface area contributed by atoms with Crippen molar-refractivity contribution >= 4 is 17.2 Å². The van der Waals surface area contributed by atoms with Crippen LogP contribution in [-0.2, 0) is 11.3 Å². The minimum absolute atomic E-state index is 0.221. The fraction of sp³-hybridized carbons (Fsp3) is 0.667. The zero-order chi connectivity index (χ0) is 13.7. The van der Waals surface area contributed by atoms with E-state index in [0.717, 1.165) is 25.9 Å². The summed E-state index contributed by atoms with van der Waals surface area (Å²) in [6.45, 7) is 3.57. The van der Waals surface area contributed by atoms with Crippen molar-refractivity contribution in [2.24, 2.45) is 11.7 Å². The first-order valence-electron chi connectivity index (χ1n) is 7.26. The minimum atomic E-state index is 0.221. The number of carbonyl (C=O) groups excluding carboxylic acids is 1. The topological polar surface area (TPSA) is 46.3 Å². The average Bonchev–Trinajstić information content (AvgIpc) is 2.91. The molecule has 1 saturated carbocycles. The van der Waals surface area contributed by atoms with E-state index >= 15 is 0 Å². The lowest BCUT2D eigenvalue weighted by Gasteiger charge is -2.30. The lowest BCUT2D eigenvalue weighted by molar-refractivity contribution is -0.133. The minimum Gasteiger partial charge on any atom is -0.338 e. The average molecular weight is 280 g/mol. The van der Waals surface area contributed by atoms with E-state index in [1.807, 2.05) is 17.9 Å². The normalized spacial score (nSPS) is 23.3. The highest BCUT2D eigenvalue weighted by molar-refractivity contribution is 7.09. The van der Waals surface area contributed by atoms with E-state index in [2.05, 4.69) is 11.4 Å². The van der Waals surface area contributed by atoms with Crippen LogP contribution in [0.25, 0.3) is 0 Å². The van der Waals surface area contributed by atoms with Gasteiger partial charge in [0, 0.05) is 23.9 Å². The molecule has 1 heterocycles. The Bertz CT molecular complexity index is 391. The molecule has 4 heteroatoms. The summed E-state index contributed by atoms with van der Waals surface area (Å²) in [4.78, 5) is 15.6. The molecule has 3 nitrogen and oxygen atoms in total. The molecule has 1 aliphatic carbocycles. The van der Waals surface area contributed by atoms with Crippen molar-refractivity contribution in [3.63, 3.8) is 0 Å². The summed E-state index contributed by atoms with van der Waals surface area (Å²) < 4.78 is 0. The molecule has 0 aliphatic heterocycles. The Hall–Kier alpha value is -0.870. The zero-order valence-corrected chi connectivity index (χ0v) is 12.5. The maximum Gasteiger partial charge on any atom is 0.223 e. The molecular weight excluding hydrogens is 256 g/mol. The molecule has 1 amide bonds. The van der Waals surface area contributed by atoms with E-state index in [1.165, 1.54) is 17.7 Å². The molecule has 2 rings (SSSR count). The van der Waals surface area contributed by atoms with Gasteiger partial charge in [0.05, 0.1) is 6.54 Å². The van der Waals surface area contributed by atoms with Gasteiger partial charge in [-0.3, -0.25) is 4.79 Å². The van der Waals surface area contributed by atoms with Gasteiger partial charge in [-0.15, -0.1) is 11.3 Å². The number of amides is 1. The molecule has 0 aromatic carbocycles. The molecule has 2 unspecified atom stereocenters. The number of carbonyl (C=O) groups is 1. The molecule has 1 aromatic heterocycles. The lowest BCUT2D eigenvalue weighted by Crippen LogP contribution is -2.38. The molecule has 106 valence electrons. The van der Waals surface area contributed by atoms with Gasteiger partial charge in [0.15, 0.2) is 0 Å². The maximum absolute atomic E-state index is 12.4. The van der Waals surface area contributed by atoms with Crippen LogP contribution in [0.2, 0.25) is 0 Å².